The predicted molar refractivity (Wildman–Crippen MR) is 107 cm³/mol. The van der Waals surface area contributed by atoms with Crippen LogP contribution in [-0.2, 0) is 19.4 Å². The van der Waals surface area contributed by atoms with Gasteiger partial charge in [0.15, 0.2) is 0 Å². The second-order valence-electron chi connectivity index (χ2n) is 7.23. The highest BCUT2D eigenvalue weighted by molar-refractivity contribution is 5.98. The maximum Gasteiger partial charge on any atom is 0.257 e. The van der Waals surface area contributed by atoms with Crippen molar-refractivity contribution in [3.8, 4) is 5.75 Å². The van der Waals surface area contributed by atoms with Gasteiger partial charge in [-0.2, -0.15) is 0 Å². The molecule has 2 heterocycles. The van der Waals surface area contributed by atoms with Crippen LogP contribution in [0, 0.1) is 0 Å². The smallest absolute Gasteiger partial charge is 0.257 e. The summed E-state index contributed by atoms with van der Waals surface area (Å²) < 4.78 is 7.14. The van der Waals surface area contributed by atoms with Crippen LogP contribution >= 0.6 is 0 Å². The zero-order valence-corrected chi connectivity index (χ0v) is 16.2. The van der Waals surface area contributed by atoms with Gasteiger partial charge in [-0.05, 0) is 44.6 Å². The summed E-state index contributed by atoms with van der Waals surface area (Å²) in [7, 11) is 1.51. The molecule has 144 valence electrons. The van der Waals surface area contributed by atoms with E-state index in [1.807, 2.05) is 25.1 Å². The van der Waals surface area contributed by atoms with Crippen LogP contribution in [0.5, 0.6) is 5.75 Å². The second kappa shape index (κ2) is 8.89. The molecule has 1 aliphatic heterocycles. The van der Waals surface area contributed by atoms with Gasteiger partial charge in [-0.15, -0.1) is 0 Å². The van der Waals surface area contributed by atoms with Crippen molar-refractivity contribution < 1.29 is 9.53 Å². The van der Waals surface area contributed by atoms with E-state index in [9.17, 15) is 9.59 Å². The average Bonchev–Trinajstić information content (AvgIpc) is 2.93. The number of ether oxygens (including phenoxy) is 1. The molecule has 1 aliphatic rings. The van der Waals surface area contributed by atoms with Crippen molar-refractivity contribution in [3.05, 3.63) is 63.6 Å². The number of hydrogen-bond acceptors (Lipinski definition) is 3. The quantitative estimate of drug-likeness (QED) is 0.851. The fourth-order valence-electron chi connectivity index (χ4n) is 3.72. The lowest BCUT2D eigenvalue weighted by atomic mass is 10.0. The highest BCUT2D eigenvalue weighted by Crippen LogP contribution is 2.24. The molecule has 5 heteroatoms. The summed E-state index contributed by atoms with van der Waals surface area (Å²) in [5.41, 5.74) is 2.50. The molecule has 1 amide bonds. The van der Waals surface area contributed by atoms with E-state index < -0.39 is 0 Å². The molecule has 1 aromatic carbocycles. The molecule has 0 unspecified atom stereocenters. The Morgan fingerprint density at radius 1 is 1.22 bits per heavy atom. The Labute approximate surface area is 160 Å². The molecule has 1 N–H and O–H groups in total. The topological polar surface area (TPSA) is 60.3 Å². The van der Waals surface area contributed by atoms with Gasteiger partial charge in [0.1, 0.15) is 11.3 Å². The molecule has 0 aliphatic carbocycles. The van der Waals surface area contributed by atoms with Gasteiger partial charge in [-0.1, -0.05) is 36.8 Å². The largest absolute Gasteiger partial charge is 0.496 e. The average molecular weight is 368 g/mol. The number of nitrogens with zero attached hydrogens (tertiary/aromatic N) is 1. The number of rotatable bonds is 6. The summed E-state index contributed by atoms with van der Waals surface area (Å²) in [6, 6.07) is 11.7. The van der Waals surface area contributed by atoms with Gasteiger partial charge in [0.2, 0.25) is 0 Å². The van der Waals surface area contributed by atoms with E-state index in [1.54, 1.807) is 4.57 Å². The summed E-state index contributed by atoms with van der Waals surface area (Å²) >= 11 is 0. The monoisotopic (exact) mass is 368 g/mol. The lowest BCUT2D eigenvalue weighted by Gasteiger charge is -2.20. The van der Waals surface area contributed by atoms with E-state index in [0.29, 0.717) is 17.9 Å². The van der Waals surface area contributed by atoms with Gasteiger partial charge in [-0.25, -0.2) is 0 Å². The number of fused-ring (bicyclic) bond motifs is 1. The third-order valence-electron chi connectivity index (χ3n) is 5.21. The van der Waals surface area contributed by atoms with Crippen LogP contribution in [0.15, 0.2) is 41.2 Å². The zero-order chi connectivity index (χ0) is 19.2. The minimum atomic E-state index is -0.155. The Morgan fingerprint density at radius 3 is 2.74 bits per heavy atom. The van der Waals surface area contributed by atoms with Crippen LogP contribution in [0.2, 0.25) is 0 Å². The van der Waals surface area contributed by atoms with Crippen molar-refractivity contribution in [2.75, 3.05) is 7.11 Å². The third kappa shape index (κ3) is 4.59. The van der Waals surface area contributed by atoms with E-state index in [2.05, 4.69) is 17.4 Å². The van der Waals surface area contributed by atoms with Crippen molar-refractivity contribution in [2.24, 2.45) is 0 Å². The number of benzene rings is 1. The highest BCUT2D eigenvalue weighted by Gasteiger charge is 2.24. The molecule has 27 heavy (non-hydrogen) atoms. The van der Waals surface area contributed by atoms with Crippen LogP contribution in [0.4, 0.5) is 0 Å². The van der Waals surface area contributed by atoms with E-state index in [4.69, 9.17) is 4.74 Å². The predicted octanol–water partition coefficient (Wildman–Crippen LogP) is 3.33. The van der Waals surface area contributed by atoms with Crippen molar-refractivity contribution in [3.63, 3.8) is 0 Å². The van der Waals surface area contributed by atoms with E-state index >= 15 is 0 Å². The SMILES string of the molecule is COc1cc(=O)n2c(c1C(=O)N[C@@H](C)CCc1ccccc1)CCCCC2. The molecule has 5 nitrogen and oxygen atoms in total. The number of aromatic nitrogens is 1. The lowest BCUT2D eigenvalue weighted by Crippen LogP contribution is -2.36. The van der Waals surface area contributed by atoms with E-state index in [-0.39, 0.29) is 17.5 Å². The Morgan fingerprint density at radius 2 is 2.00 bits per heavy atom. The van der Waals surface area contributed by atoms with Crippen molar-refractivity contribution in [1.82, 2.24) is 9.88 Å². The molecule has 0 bridgehead atoms. The first-order chi connectivity index (χ1) is 13.1. The molecule has 0 saturated heterocycles. The minimum Gasteiger partial charge on any atom is -0.496 e. The molecular formula is C22H28N2O3. The van der Waals surface area contributed by atoms with Crippen LogP contribution < -0.4 is 15.6 Å². The first-order valence-corrected chi connectivity index (χ1v) is 9.75. The molecule has 2 aromatic rings. The molecule has 0 saturated carbocycles. The van der Waals surface area contributed by atoms with Crippen LogP contribution in [0.1, 0.15) is 54.2 Å². The Hall–Kier alpha value is -2.56. The standard InChI is InChI=1S/C22H28N2O3/c1-16(12-13-17-9-5-3-6-10-17)23-22(26)21-18-11-7-4-8-14-24(18)20(25)15-19(21)27-2/h3,5-6,9-10,15-16H,4,7-8,11-14H2,1-2H3,(H,23,26)/t16-/m0/s1. The maximum absolute atomic E-state index is 13.0. The number of methoxy groups -OCH3 is 1. The molecule has 0 spiro atoms. The molecule has 0 radical (unpaired) electrons. The minimum absolute atomic E-state index is 0.0285. The Kier molecular flexibility index (Phi) is 6.32. The van der Waals surface area contributed by atoms with Gasteiger partial charge in [0, 0.05) is 24.3 Å². The van der Waals surface area contributed by atoms with E-state index in [0.717, 1.165) is 44.2 Å². The third-order valence-corrected chi connectivity index (χ3v) is 5.21. The Bertz CT molecular complexity index is 843. The molecule has 3 rings (SSSR count). The van der Waals surface area contributed by atoms with Gasteiger partial charge < -0.3 is 14.6 Å². The number of aryl methyl sites for hydroxylation is 1. The Balaban J connectivity index is 1.78. The number of nitrogens with one attached hydrogen (secondary N) is 1. The van der Waals surface area contributed by atoms with Gasteiger partial charge in [0.25, 0.3) is 11.5 Å². The summed E-state index contributed by atoms with van der Waals surface area (Å²) in [6.07, 6.45) is 5.51. The number of amides is 1. The van der Waals surface area contributed by atoms with Crippen LogP contribution in [0.3, 0.4) is 0 Å². The molecule has 0 fully saturated rings. The van der Waals surface area contributed by atoms with Crippen molar-refractivity contribution in [1.29, 1.82) is 0 Å². The number of carbonyl (C=O) groups is 1. The number of pyridine rings is 1. The van der Waals surface area contributed by atoms with E-state index in [1.165, 1.54) is 18.7 Å². The van der Waals surface area contributed by atoms with Crippen molar-refractivity contribution in [2.45, 2.75) is 58.0 Å². The van der Waals surface area contributed by atoms with Crippen LogP contribution in [0.25, 0.3) is 0 Å². The molecule has 1 atom stereocenters. The summed E-state index contributed by atoms with van der Waals surface area (Å²) in [4.78, 5) is 25.4. The van der Waals surface area contributed by atoms with Gasteiger partial charge in [0.05, 0.1) is 7.11 Å². The number of carbonyl (C=O) groups excluding carboxylic acids is 1. The highest BCUT2D eigenvalue weighted by atomic mass is 16.5. The first kappa shape index (κ1) is 19.2. The number of hydrogen-bond donors (Lipinski definition) is 1. The molecule has 1 aromatic heterocycles. The first-order valence-electron chi connectivity index (χ1n) is 9.75. The summed E-state index contributed by atoms with van der Waals surface area (Å²) in [5.74, 6) is 0.221. The van der Waals surface area contributed by atoms with Gasteiger partial charge >= 0.3 is 0 Å². The summed E-state index contributed by atoms with van der Waals surface area (Å²) in [6.45, 7) is 2.68. The van der Waals surface area contributed by atoms with Crippen LogP contribution in [-0.4, -0.2) is 23.6 Å². The zero-order valence-electron chi connectivity index (χ0n) is 16.2. The lowest BCUT2D eigenvalue weighted by molar-refractivity contribution is 0.0933. The second-order valence-corrected chi connectivity index (χ2v) is 7.23. The summed E-state index contributed by atoms with van der Waals surface area (Å²) in [5, 5.41) is 3.10. The normalized spacial score (nSPS) is 14.7. The fourth-order valence-corrected chi connectivity index (χ4v) is 3.72. The van der Waals surface area contributed by atoms with Crippen molar-refractivity contribution >= 4 is 5.91 Å². The van der Waals surface area contributed by atoms with Gasteiger partial charge in [-0.3, -0.25) is 9.59 Å². The fraction of sp³-hybridized carbons (Fsp3) is 0.455. The maximum atomic E-state index is 13.0. The molecular weight excluding hydrogens is 340 g/mol.